The minimum Gasteiger partial charge on any atom is -0.366 e. The predicted octanol–water partition coefficient (Wildman–Crippen LogP) is 8.10. The van der Waals surface area contributed by atoms with Crippen LogP contribution in [0.1, 0.15) is 43.0 Å². The lowest BCUT2D eigenvalue weighted by atomic mass is 9.87. The van der Waals surface area contributed by atoms with Crippen LogP contribution in [0.15, 0.2) is 46.9 Å². The van der Waals surface area contributed by atoms with Gasteiger partial charge in [0, 0.05) is 32.3 Å². The van der Waals surface area contributed by atoms with Gasteiger partial charge in [-0.1, -0.05) is 11.6 Å². The Morgan fingerprint density at radius 3 is 1.93 bits per heavy atom. The van der Waals surface area contributed by atoms with E-state index in [1.165, 1.54) is 19.1 Å². The molecule has 0 heterocycles. The van der Waals surface area contributed by atoms with Crippen LogP contribution in [0.4, 0.5) is 45.2 Å². The molecule has 2 amide bonds. The Balaban J connectivity index is 2.14. The van der Waals surface area contributed by atoms with Gasteiger partial charge in [-0.15, -0.1) is 0 Å². The van der Waals surface area contributed by atoms with Crippen LogP contribution < -0.4 is 11.1 Å². The highest BCUT2D eigenvalue weighted by atomic mass is 79.9. The van der Waals surface area contributed by atoms with E-state index in [1.54, 1.807) is 0 Å². The van der Waals surface area contributed by atoms with Crippen LogP contribution in [0, 0.1) is 29.6 Å². The maximum absolute atomic E-state index is 14.9. The first-order valence-corrected chi connectivity index (χ1v) is 12.7. The Bertz CT molecular complexity index is 1760. The first-order chi connectivity index (χ1) is 20.1. The number of alkyl halides is 9. The second kappa shape index (κ2) is 11.7. The minimum absolute atomic E-state index is 0.00700. The van der Waals surface area contributed by atoms with Crippen molar-refractivity contribution in [1.82, 2.24) is 0 Å². The number of carbonyl (C=O) groups is 2. The summed E-state index contributed by atoms with van der Waals surface area (Å²) >= 11 is 8.46. The van der Waals surface area contributed by atoms with Gasteiger partial charge in [-0.3, -0.25) is 9.59 Å². The zero-order valence-corrected chi connectivity index (χ0v) is 23.8. The number of nitrogens with two attached hydrogens (primary N) is 1. The van der Waals surface area contributed by atoms with Crippen molar-refractivity contribution < 1.29 is 49.1 Å². The molecule has 3 aromatic carbocycles. The number of anilines is 1. The molecule has 0 bridgehead atoms. The van der Waals surface area contributed by atoms with Crippen LogP contribution in [-0.4, -0.2) is 30.1 Å². The quantitative estimate of drug-likeness (QED) is 0.251. The minimum atomic E-state index is -6.96. The highest BCUT2D eigenvalue weighted by molar-refractivity contribution is 9.10. The van der Waals surface area contributed by atoms with Gasteiger partial charge in [0.2, 0.25) is 5.91 Å². The Kier molecular flexibility index (Phi) is 9.07. The summed E-state index contributed by atoms with van der Waals surface area (Å²) in [4.78, 5) is 25.0. The molecule has 230 valence electrons. The zero-order chi connectivity index (χ0) is 33.6. The number of carbonyl (C=O) groups excluding carboxylic acids is 2. The first kappa shape index (κ1) is 34.2. The summed E-state index contributed by atoms with van der Waals surface area (Å²) in [6.07, 6.45) is -13.7. The number of halogens is 11. The van der Waals surface area contributed by atoms with E-state index in [-0.39, 0.29) is 51.1 Å². The van der Waals surface area contributed by atoms with Crippen molar-refractivity contribution in [2.45, 2.75) is 30.9 Å². The molecule has 3 N–H and O–H groups in total. The molecule has 0 saturated carbocycles. The molecular formula is C27H13BrClF9N4O2. The number of benzene rings is 3. The van der Waals surface area contributed by atoms with Crippen molar-refractivity contribution in [3.05, 3.63) is 85.3 Å². The van der Waals surface area contributed by atoms with E-state index in [2.05, 4.69) is 21.2 Å². The lowest BCUT2D eigenvalue weighted by Crippen LogP contribution is -2.59. The molecule has 3 aromatic rings. The lowest BCUT2D eigenvalue weighted by Gasteiger charge is -2.36. The summed E-state index contributed by atoms with van der Waals surface area (Å²) in [7, 11) is 0. The molecule has 17 heteroatoms. The fraction of sp³-hybridized carbons (Fsp3) is 0.185. The van der Waals surface area contributed by atoms with Gasteiger partial charge in [-0.2, -0.15) is 45.6 Å². The van der Waals surface area contributed by atoms with Gasteiger partial charge < -0.3 is 11.1 Å². The fourth-order valence-electron chi connectivity index (χ4n) is 4.20. The summed E-state index contributed by atoms with van der Waals surface area (Å²) in [6.45, 7) is 1.43. The van der Waals surface area contributed by atoms with E-state index in [9.17, 15) is 59.6 Å². The largest absolute Gasteiger partial charge is 0.457 e. The third-order valence-electron chi connectivity index (χ3n) is 6.38. The van der Waals surface area contributed by atoms with Crippen molar-refractivity contribution in [2.24, 2.45) is 5.73 Å². The second-order valence-electron chi connectivity index (χ2n) is 9.01. The van der Waals surface area contributed by atoms with Crippen molar-refractivity contribution in [2.75, 3.05) is 5.32 Å². The Labute approximate surface area is 254 Å². The summed E-state index contributed by atoms with van der Waals surface area (Å²) in [5.41, 5.74) is -3.89. The van der Waals surface area contributed by atoms with Gasteiger partial charge in [-0.25, -0.2) is 4.39 Å². The third kappa shape index (κ3) is 5.67. The topological polar surface area (TPSA) is 120 Å². The van der Waals surface area contributed by atoms with Crippen molar-refractivity contribution >= 4 is 45.0 Å². The maximum atomic E-state index is 14.9. The SMILES string of the molecule is Cc1c(C(N)=O)ccc(C#N)c1-c1cc(C(=O)Nc2c(Cl)cc(C(F)(C(F)(F)F)C(F)(F)C(F)(F)F)cc2Br)ccc1C#N. The summed E-state index contributed by atoms with van der Waals surface area (Å²) in [5, 5.41) is 20.3. The van der Waals surface area contributed by atoms with Crippen molar-refractivity contribution in [3.63, 3.8) is 0 Å². The molecule has 0 spiro atoms. The molecule has 1 unspecified atom stereocenters. The van der Waals surface area contributed by atoms with Gasteiger partial charge in [0.1, 0.15) is 0 Å². The van der Waals surface area contributed by atoms with Crippen LogP contribution in [0.5, 0.6) is 0 Å². The average molecular weight is 712 g/mol. The number of hydrogen-bond acceptors (Lipinski definition) is 4. The van der Waals surface area contributed by atoms with Gasteiger partial charge in [0.25, 0.3) is 5.91 Å². The van der Waals surface area contributed by atoms with Crippen LogP contribution in [-0.2, 0) is 5.67 Å². The molecule has 0 aromatic heterocycles. The molecule has 1 atom stereocenters. The molecule has 0 aliphatic heterocycles. The Hall–Kier alpha value is -4.28. The first-order valence-electron chi connectivity index (χ1n) is 11.5. The number of amides is 2. The van der Waals surface area contributed by atoms with Gasteiger partial charge in [0.05, 0.1) is 34.0 Å². The predicted molar refractivity (Wildman–Crippen MR) is 142 cm³/mol. The number of hydrogen-bond donors (Lipinski definition) is 2. The van der Waals surface area contributed by atoms with Gasteiger partial charge >= 0.3 is 23.9 Å². The molecule has 0 fully saturated rings. The van der Waals surface area contributed by atoms with Crippen LogP contribution in [0.3, 0.4) is 0 Å². The normalized spacial score (nSPS) is 13.4. The number of rotatable bonds is 6. The van der Waals surface area contributed by atoms with E-state index < -0.39 is 56.5 Å². The van der Waals surface area contributed by atoms with Crippen molar-refractivity contribution in [3.8, 4) is 23.3 Å². The summed E-state index contributed by atoms with van der Waals surface area (Å²) < 4.78 is 121. The Morgan fingerprint density at radius 2 is 1.45 bits per heavy atom. The second-order valence-corrected chi connectivity index (χ2v) is 10.3. The van der Waals surface area contributed by atoms with E-state index >= 15 is 0 Å². The van der Waals surface area contributed by atoms with E-state index in [0.717, 1.165) is 18.2 Å². The molecule has 6 nitrogen and oxygen atoms in total. The summed E-state index contributed by atoms with van der Waals surface area (Å²) in [6, 6.07) is 9.45. The highest BCUT2D eigenvalue weighted by Crippen LogP contribution is 2.59. The molecular weight excluding hydrogens is 699 g/mol. The van der Waals surface area contributed by atoms with Gasteiger partial charge in [-0.05, 0) is 70.9 Å². The van der Waals surface area contributed by atoms with Crippen LogP contribution in [0.25, 0.3) is 11.1 Å². The number of primary amides is 1. The molecule has 0 saturated heterocycles. The standard InChI is InChI=1S/C27H13BrClF9N4O2/c1-11-16(22(41)43)5-4-14(10-40)20(11)17-6-12(2-3-13(17)9-39)23(44)42-21-18(28)7-15(8-19(21)29)24(30,26(33,34)35)25(31,32)27(36,37)38/h2-8H,1H3,(H2,41,43)(H,42,44). The fourth-order valence-corrected chi connectivity index (χ4v) is 5.14. The highest BCUT2D eigenvalue weighted by Gasteiger charge is 2.81. The molecule has 0 radical (unpaired) electrons. The van der Waals surface area contributed by atoms with E-state index in [4.69, 9.17) is 17.3 Å². The van der Waals surface area contributed by atoms with Crippen LogP contribution >= 0.6 is 27.5 Å². The van der Waals surface area contributed by atoms with E-state index in [1.807, 2.05) is 12.1 Å². The molecule has 44 heavy (non-hydrogen) atoms. The van der Waals surface area contributed by atoms with E-state index in [0.29, 0.717) is 0 Å². The molecule has 0 aliphatic carbocycles. The van der Waals surface area contributed by atoms with Crippen molar-refractivity contribution in [1.29, 1.82) is 10.5 Å². The summed E-state index contributed by atoms with van der Waals surface area (Å²) in [5.74, 6) is -8.91. The maximum Gasteiger partial charge on any atom is 0.457 e. The lowest BCUT2D eigenvalue weighted by molar-refractivity contribution is -0.389. The smallest absolute Gasteiger partial charge is 0.366 e. The molecule has 3 rings (SSSR count). The third-order valence-corrected chi connectivity index (χ3v) is 7.30. The average Bonchev–Trinajstić information content (AvgIpc) is 2.92. The number of nitrogens with zero attached hydrogens (tertiary/aromatic N) is 2. The number of nitrogens with one attached hydrogen (secondary N) is 1. The van der Waals surface area contributed by atoms with Crippen LogP contribution in [0.2, 0.25) is 5.02 Å². The molecule has 0 aliphatic rings. The van der Waals surface area contributed by atoms with Gasteiger partial charge in [0.15, 0.2) is 0 Å². The number of nitriles is 2. The Morgan fingerprint density at radius 1 is 0.886 bits per heavy atom. The zero-order valence-electron chi connectivity index (χ0n) is 21.5. The monoisotopic (exact) mass is 710 g/mol.